The third-order valence-corrected chi connectivity index (χ3v) is 5.18. The summed E-state index contributed by atoms with van der Waals surface area (Å²) in [5, 5.41) is 7.01. The molecule has 0 aromatic rings. The van der Waals surface area contributed by atoms with Crippen molar-refractivity contribution in [2.45, 2.75) is 24.5 Å². The van der Waals surface area contributed by atoms with Gasteiger partial charge in [0.1, 0.15) is 0 Å². The van der Waals surface area contributed by atoms with Crippen LogP contribution in [0.15, 0.2) is 12.2 Å². The fraction of sp³-hybridized carbons (Fsp3) is 0.636. The minimum Gasteiger partial charge on any atom is -0.297 e. The predicted molar refractivity (Wildman–Crippen MR) is 61.3 cm³/mol. The Labute approximate surface area is 95.2 Å². The van der Waals surface area contributed by atoms with Crippen LogP contribution < -0.4 is 0 Å². The molecule has 4 nitrogen and oxygen atoms in total. The summed E-state index contributed by atoms with van der Waals surface area (Å²) in [6, 6.07) is 0. The van der Waals surface area contributed by atoms with Gasteiger partial charge in [-0.2, -0.15) is 0 Å². The molecule has 1 fully saturated rings. The molecule has 16 heavy (non-hydrogen) atoms. The minimum absolute atomic E-state index is 0.00963. The number of carbonyl (C=O) groups is 1. The molecule has 0 aromatic carbocycles. The summed E-state index contributed by atoms with van der Waals surface area (Å²) in [5.74, 6) is -0.697. The van der Waals surface area contributed by atoms with Crippen LogP contribution in [0, 0.1) is 17.2 Å². The smallest absolute Gasteiger partial charge is 0.184 e. The first-order valence-corrected chi connectivity index (χ1v) is 7.36. The average molecular weight is 241 g/mol. The normalized spacial score (nSPS) is 34.9. The number of carbonyl (C=O) groups excluding carboxylic acids is 1. The summed E-state index contributed by atoms with van der Waals surface area (Å²) in [7, 11) is -3.11. The number of nitrogens with one attached hydrogen (secondary N) is 1. The molecule has 0 bridgehead atoms. The Kier molecular flexibility index (Phi) is 2.74. The van der Waals surface area contributed by atoms with Gasteiger partial charge in [0.25, 0.3) is 0 Å². The molecule has 2 rings (SSSR count). The Hall–Kier alpha value is -0.970. The van der Waals surface area contributed by atoms with E-state index in [2.05, 4.69) is 0 Å². The Morgan fingerprint density at radius 1 is 1.38 bits per heavy atom. The zero-order chi connectivity index (χ0) is 11.9. The van der Waals surface area contributed by atoms with Crippen molar-refractivity contribution < 1.29 is 13.2 Å². The van der Waals surface area contributed by atoms with E-state index in [9.17, 15) is 13.2 Å². The van der Waals surface area contributed by atoms with Crippen molar-refractivity contribution >= 4 is 21.3 Å². The molecule has 1 N–H and O–H groups in total. The van der Waals surface area contributed by atoms with Gasteiger partial charge >= 0.3 is 0 Å². The number of ketones is 1. The number of rotatable bonds is 1. The van der Waals surface area contributed by atoms with E-state index in [4.69, 9.17) is 5.41 Å². The van der Waals surface area contributed by atoms with Crippen molar-refractivity contribution in [1.82, 2.24) is 0 Å². The lowest BCUT2D eigenvalue weighted by molar-refractivity contribution is -0.118. The van der Waals surface area contributed by atoms with Gasteiger partial charge in [0.05, 0.1) is 11.0 Å². The van der Waals surface area contributed by atoms with E-state index >= 15 is 0 Å². The Morgan fingerprint density at radius 2 is 2.06 bits per heavy atom. The summed E-state index contributed by atoms with van der Waals surface area (Å²) in [5.41, 5.74) is 0.00963. The molecule has 0 aromatic heterocycles. The first-order chi connectivity index (χ1) is 7.41. The lowest BCUT2D eigenvalue weighted by Crippen LogP contribution is -2.43. The van der Waals surface area contributed by atoms with Crippen molar-refractivity contribution in [1.29, 1.82) is 5.41 Å². The highest BCUT2D eigenvalue weighted by Gasteiger charge is 2.42. The van der Waals surface area contributed by atoms with Crippen LogP contribution in [-0.4, -0.2) is 31.4 Å². The number of sulfone groups is 1. The van der Waals surface area contributed by atoms with E-state index in [0.29, 0.717) is 12.8 Å². The van der Waals surface area contributed by atoms with Gasteiger partial charge in [-0.15, -0.1) is 0 Å². The molecular weight excluding hydrogens is 226 g/mol. The molecule has 3 atom stereocenters. The third kappa shape index (κ3) is 1.84. The SMILES string of the molecule is CS(=O)(=O)C1CCCC2C(=O)C(=N)C=CC21. The zero-order valence-corrected chi connectivity index (χ0v) is 9.96. The average Bonchev–Trinajstić information content (AvgIpc) is 2.21. The number of Topliss-reactive ketones (excluding diaryl/α,β-unsaturated/α-hetero) is 1. The van der Waals surface area contributed by atoms with Gasteiger partial charge < -0.3 is 0 Å². The zero-order valence-electron chi connectivity index (χ0n) is 9.14. The fourth-order valence-corrected chi connectivity index (χ4v) is 4.18. The van der Waals surface area contributed by atoms with Gasteiger partial charge in [-0.05, 0) is 18.9 Å². The van der Waals surface area contributed by atoms with Crippen LogP contribution in [0.2, 0.25) is 0 Å². The maximum atomic E-state index is 11.8. The molecule has 0 heterocycles. The van der Waals surface area contributed by atoms with E-state index in [1.165, 1.54) is 12.3 Å². The predicted octanol–water partition coefficient (Wildman–Crippen LogP) is 0.975. The summed E-state index contributed by atoms with van der Waals surface area (Å²) in [6.45, 7) is 0. The van der Waals surface area contributed by atoms with Gasteiger partial charge in [-0.3, -0.25) is 10.2 Å². The highest BCUT2D eigenvalue weighted by molar-refractivity contribution is 7.91. The summed E-state index contributed by atoms with van der Waals surface area (Å²) in [4.78, 5) is 11.8. The largest absolute Gasteiger partial charge is 0.297 e. The highest BCUT2D eigenvalue weighted by Crippen LogP contribution is 2.37. The summed E-state index contributed by atoms with van der Waals surface area (Å²) < 4.78 is 23.3. The number of hydrogen-bond donors (Lipinski definition) is 1. The minimum atomic E-state index is -3.11. The molecule has 1 saturated carbocycles. The van der Waals surface area contributed by atoms with Crippen LogP contribution in [0.25, 0.3) is 0 Å². The Balaban J connectivity index is 2.38. The van der Waals surface area contributed by atoms with Crippen molar-refractivity contribution in [2.75, 3.05) is 6.26 Å². The molecule has 0 amide bonds. The second-order valence-electron chi connectivity index (χ2n) is 4.62. The van der Waals surface area contributed by atoms with E-state index in [1.54, 1.807) is 6.08 Å². The van der Waals surface area contributed by atoms with Crippen molar-refractivity contribution in [2.24, 2.45) is 11.8 Å². The maximum Gasteiger partial charge on any atom is 0.184 e. The van der Waals surface area contributed by atoms with Crippen molar-refractivity contribution in [3.05, 3.63) is 12.2 Å². The Bertz CT molecular complexity index is 464. The van der Waals surface area contributed by atoms with Gasteiger partial charge in [0.15, 0.2) is 15.6 Å². The van der Waals surface area contributed by atoms with Crippen LogP contribution in [0.5, 0.6) is 0 Å². The molecule has 2 aliphatic rings. The second kappa shape index (κ2) is 3.80. The van der Waals surface area contributed by atoms with E-state index < -0.39 is 15.1 Å². The quantitative estimate of drug-likeness (QED) is 0.743. The number of hydrogen-bond acceptors (Lipinski definition) is 4. The molecule has 3 unspecified atom stereocenters. The molecule has 0 aliphatic heterocycles. The van der Waals surface area contributed by atoms with Crippen LogP contribution in [0.3, 0.4) is 0 Å². The van der Waals surface area contributed by atoms with Gasteiger partial charge in [-0.25, -0.2) is 8.42 Å². The molecular formula is C11H15NO3S. The van der Waals surface area contributed by atoms with Crippen molar-refractivity contribution in [3.63, 3.8) is 0 Å². The topological polar surface area (TPSA) is 75.1 Å². The van der Waals surface area contributed by atoms with E-state index in [-0.39, 0.29) is 23.3 Å². The highest BCUT2D eigenvalue weighted by atomic mass is 32.2. The number of allylic oxidation sites excluding steroid dienone is 2. The van der Waals surface area contributed by atoms with Crippen LogP contribution in [0.4, 0.5) is 0 Å². The molecule has 0 radical (unpaired) electrons. The monoisotopic (exact) mass is 241 g/mol. The van der Waals surface area contributed by atoms with Gasteiger partial charge in [0.2, 0.25) is 0 Å². The molecule has 5 heteroatoms. The molecule has 0 saturated heterocycles. The van der Waals surface area contributed by atoms with Gasteiger partial charge in [0, 0.05) is 18.1 Å². The summed E-state index contributed by atoms with van der Waals surface area (Å²) >= 11 is 0. The molecule has 0 spiro atoms. The maximum absolute atomic E-state index is 11.8. The van der Waals surface area contributed by atoms with Gasteiger partial charge in [-0.1, -0.05) is 12.5 Å². The lowest BCUT2D eigenvalue weighted by Gasteiger charge is -2.36. The lowest BCUT2D eigenvalue weighted by atomic mass is 9.72. The number of fused-ring (bicyclic) bond motifs is 1. The Morgan fingerprint density at radius 3 is 2.69 bits per heavy atom. The summed E-state index contributed by atoms with van der Waals surface area (Å²) in [6.07, 6.45) is 6.52. The third-order valence-electron chi connectivity index (χ3n) is 3.53. The standard InChI is InChI=1S/C11H15NO3S/c1-16(14,15)10-4-2-3-8-7(10)5-6-9(12)11(8)13/h5-8,10,12H,2-4H2,1H3. The van der Waals surface area contributed by atoms with E-state index in [0.717, 1.165) is 6.42 Å². The van der Waals surface area contributed by atoms with Crippen molar-refractivity contribution in [3.8, 4) is 0 Å². The first kappa shape index (κ1) is 11.5. The van der Waals surface area contributed by atoms with Crippen LogP contribution in [0.1, 0.15) is 19.3 Å². The molecule has 88 valence electrons. The fourth-order valence-electron chi connectivity index (χ4n) is 2.74. The second-order valence-corrected chi connectivity index (χ2v) is 6.88. The first-order valence-electron chi connectivity index (χ1n) is 5.41. The van der Waals surface area contributed by atoms with Crippen LogP contribution >= 0.6 is 0 Å². The van der Waals surface area contributed by atoms with E-state index in [1.807, 2.05) is 0 Å². The molecule has 2 aliphatic carbocycles. The van der Waals surface area contributed by atoms with Crippen LogP contribution in [-0.2, 0) is 14.6 Å².